The summed E-state index contributed by atoms with van der Waals surface area (Å²) in [6.45, 7) is 16.7. The van der Waals surface area contributed by atoms with E-state index in [0.29, 0.717) is 0 Å². The van der Waals surface area contributed by atoms with Gasteiger partial charge in [-0.3, -0.25) is 0 Å². The zero-order valence-electron chi connectivity index (χ0n) is 34.7. The van der Waals surface area contributed by atoms with Crippen molar-refractivity contribution in [2.45, 2.75) is 58.8 Å². The molecule has 0 unspecified atom stereocenters. The van der Waals surface area contributed by atoms with E-state index >= 15 is 0 Å². The van der Waals surface area contributed by atoms with Crippen molar-refractivity contribution in [3.8, 4) is 64.7 Å². The molecule has 6 aromatic carbocycles. The molecule has 0 bridgehead atoms. The molecule has 0 atom stereocenters. The van der Waals surface area contributed by atoms with Crippen LogP contribution in [0.3, 0.4) is 0 Å². The number of benzene rings is 6. The fraction of sp³-hybridized carbons (Fsp3) is 0.158. The minimum absolute atomic E-state index is 0.121. The second kappa shape index (κ2) is 17.6. The van der Waals surface area contributed by atoms with E-state index in [1.165, 1.54) is 106 Å². The van der Waals surface area contributed by atoms with Gasteiger partial charge < -0.3 is 0 Å². The predicted octanol–water partition coefficient (Wildman–Crippen LogP) is 17.6. The van der Waals surface area contributed by atoms with Gasteiger partial charge in [-0.15, -0.1) is 22.7 Å². The van der Waals surface area contributed by atoms with Crippen molar-refractivity contribution in [3.05, 3.63) is 204 Å². The predicted molar refractivity (Wildman–Crippen MR) is 262 cm³/mol. The number of thiophene rings is 2. The smallest absolute Gasteiger partial charge is 0.0349 e. The van der Waals surface area contributed by atoms with E-state index in [2.05, 4.69) is 199 Å². The normalized spacial score (nSPS) is 12.3. The molecule has 0 spiro atoms. The van der Waals surface area contributed by atoms with Gasteiger partial charge in [0.25, 0.3) is 0 Å². The summed E-state index contributed by atoms with van der Waals surface area (Å²) in [6, 6.07) is 58.1. The Bertz CT molecular complexity index is 2690. The van der Waals surface area contributed by atoms with Crippen LogP contribution in [-0.2, 0) is 5.41 Å². The maximum absolute atomic E-state index is 3.86. The fourth-order valence-electron chi connectivity index (χ4n) is 8.79. The molecular weight excluding hydrogens is 749 g/mol. The van der Waals surface area contributed by atoms with E-state index in [1.807, 2.05) is 34.8 Å². The van der Waals surface area contributed by atoms with Crippen LogP contribution in [0.5, 0.6) is 0 Å². The largest absolute Gasteiger partial charge is 0.141 e. The van der Waals surface area contributed by atoms with Crippen LogP contribution < -0.4 is 0 Å². The van der Waals surface area contributed by atoms with Crippen molar-refractivity contribution in [2.75, 3.05) is 0 Å². The average molecular weight is 801 g/mol. The summed E-state index contributed by atoms with van der Waals surface area (Å²) in [6.07, 6.45) is 8.53. The van der Waals surface area contributed by atoms with Gasteiger partial charge in [-0.25, -0.2) is 0 Å². The zero-order chi connectivity index (χ0) is 40.9. The van der Waals surface area contributed by atoms with Crippen molar-refractivity contribution in [1.29, 1.82) is 0 Å². The molecule has 8 aromatic rings. The van der Waals surface area contributed by atoms with Crippen LogP contribution in [0.25, 0.3) is 76.9 Å². The molecule has 59 heavy (non-hydrogen) atoms. The molecule has 0 saturated heterocycles. The first-order valence-electron chi connectivity index (χ1n) is 20.9. The highest BCUT2D eigenvalue weighted by Gasteiger charge is 2.42. The van der Waals surface area contributed by atoms with Gasteiger partial charge in [-0.1, -0.05) is 185 Å². The third-order valence-electron chi connectivity index (χ3n) is 11.8. The van der Waals surface area contributed by atoms with Crippen molar-refractivity contribution in [2.24, 2.45) is 0 Å². The lowest BCUT2D eigenvalue weighted by Gasteiger charge is -2.32. The van der Waals surface area contributed by atoms with Gasteiger partial charge in [0, 0.05) is 24.9 Å². The van der Waals surface area contributed by atoms with Gasteiger partial charge in [0.15, 0.2) is 0 Å². The van der Waals surface area contributed by atoms with Crippen molar-refractivity contribution >= 4 is 34.8 Å². The Hall–Kier alpha value is -5.80. The van der Waals surface area contributed by atoms with Gasteiger partial charge in [0.05, 0.1) is 0 Å². The van der Waals surface area contributed by atoms with Crippen LogP contribution in [0.4, 0.5) is 0 Å². The second-order valence-electron chi connectivity index (χ2n) is 15.8. The quantitative estimate of drug-likeness (QED) is 0.122. The Kier molecular flexibility index (Phi) is 11.9. The molecule has 1 aliphatic rings. The molecule has 0 aliphatic heterocycles. The van der Waals surface area contributed by atoms with Crippen LogP contribution in [0.2, 0.25) is 0 Å². The van der Waals surface area contributed by atoms with Gasteiger partial charge in [0.2, 0.25) is 0 Å². The summed E-state index contributed by atoms with van der Waals surface area (Å²) >= 11 is 3.73. The highest BCUT2D eigenvalue weighted by atomic mass is 32.1. The van der Waals surface area contributed by atoms with Crippen LogP contribution in [0, 0.1) is 13.8 Å². The molecule has 0 nitrogen and oxygen atoms in total. The fourth-order valence-corrected chi connectivity index (χ4v) is 10.7. The zero-order valence-corrected chi connectivity index (χ0v) is 36.4. The molecule has 0 radical (unpaired) electrons. The van der Waals surface area contributed by atoms with Crippen LogP contribution in [0.15, 0.2) is 171 Å². The van der Waals surface area contributed by atoms with E-state index in [1.54, 1.807) is 5.56 Å². The highest BCUT2D eigenvalue weighted by molar-refractivity contribution is 7.18. The standard InChI is InChI=1S/C38H36S.C19H16S/c1-5-22-38(23-6-2)34-24-26(4)8-18-32(34)33-19-17-31(25-35(33)38)37-21-20-36(39-37)30-15-13-29(14-16-30)28-11-9-27(7-3)10-12-28;1-3-15-5-7-16(8-6-15)17-9-11-18(12-10-17)19-13-4-14(2)20-19/h7-21,24-25H,3,5-6,22-23H2,1-2,4H3;3-13H,1H2,2H3. The topological polar surface area (TPSA) is 0 Å². The minimum Gasteiger partial charge on any atom is -0.141 e. The Labute approximate surface area is 359 Å². The van der Waals surface area contributed by atoms with Gasteiger partial charge in [0.1, 0.15) is 0 Å². The molecule has 292 valence electrons. The van der Waals surface area contributed by atoms with E-state index in [9.17, 15) is 0 Å². The number of rotatable bonds is 11. The first-order valence-corrected chi connectivity index (χ1v) is 22.5. The molecule has 0 saturated carbocycles. The summed E-state index contributed by atoms with van der Waals surface area (Å²) < 4.78 is 0. The van der Waals surface area contributed by atoms with Crippen molar-refractivity contribution < 1.29 is 0 Å². The first kappa shape index (κ1) is 40.0. The van der Waals surface area contributed by atoms with Crippen LogP contribution >= 0.6 is 22.7 Å². The summed E-state index contributed by atoms with van der Waals surface area (Å²) in [5.74, 6) is 0. The molecule has 2 heteroatoms. The lowest BCUT2D eigenvalue weighted by molar-refractivity contribution is 0.436. The molecule has 1 aliphatic carbocycles. The lowest BCUT2D eigenvalue weighted by atomic mass is 9.71. The lowest BCUT2D eigenvalue weighted by Crippen LogP contribution is -2.25. The van der Waals surface area contributed by atoms with Gasteiger partial charge in [-0.05, 0) is 129 Å². The highest BCUT2D eigenvalue weighted by Crippen LogP contribution is 2.55. The van der Waals surface area contributed by atoms with E-state index in [-0.39, 0.29) is 5.41 Å². The molecular formula is C57H52S2. The number of hydrogen-bond acceptors (Lipinski definition) is 2. The third-order valence-corrected chi connectivity index (χ3v) is 14.0. The monoisotopic (exact) mass is 800 g/mol. The minimum atomic E-state index is 0.121. The Morgan fingerprint density at radius 1 is 0.424 bits per heavy atom. The third kappa shape index (κ3) is 8.26. The molecule has 9 rings (SSSR count). The number of fused-ring (bicyclic) bond motifs is 3. The van der Waals surface area contributed by atoms with Crippen molar-refractivity contribution in [1.82, 2.24) is 0 Å². The summed E-state index contributed by atoms with van der Waals surface area (Å²) in [5, 5.41) is 0. The second-order valence-corrected chi connectivity index (χ2v) is 18.1. The molecule has 0 amide bonds. The Morgan fingerprint density at radius 3 is 1.27 bits per heavy atom. The maximum Gasteiger partial charge on any atom is 0.0349 e. The molecule has 2 heterocycles. The summed E-state index contributed by atoms with van der Waals surface area (Å²) in [7, 11) is 0. The van der Waals surface area contributed by atoms with E-state index in [4.69, 9.17) is 0 Å². The van der Waals surface area contributed by atoms with Crippen molar-refractivity contribution in [3.63, 3.8) is 0 Å². The summed E-state index contributed by atoms with van der Waals surface area (Å²) in [4.78, 5) is 5.33. The van der Waals surface area contributed by atoms with Gasteiger partial charge >= 0.3 is 0 Å². The molecule has 2 aromatic heterocycles. The molecule has 0 fully saturated rings. The van der Waals surface area contributed by atoms with E-state index < -0.39 is 0 Å². The maximum atomic E-state index is 3.86. The van der Waals surface area contributed by atoms with Crippen LogP contribution in [0.1, 0.15) is 72.2 Å². The van der Waals surface area contributed by atoms with Crippen LogP contribution in [-0.4, -0.2) is 0 Å². The Morgan fingerprint density at radius 2 is 0.814 bits per heavy atom. The first-order chi connectivity index (χ1) is 28.8. The average Bonchev–Trinajstić information content (AvgIpc) is 4.02. The van der Waals surface area contributed by atoms with Gasteiger partial charge in [-0.2, -0.15) is 0 Å². The summed E-state index contributed by atoms with van der Waals surface area (Å²) in [5.41, 5.74) is 18.6. The van der Waals surface area contributed by atoms with E-state index in [0.717, 1.165) is 11.1 Å². The molecule has 0 N–H and O–H groups in total. The SMILES string of the molecule is C=Cc1ccc(-c2ccc(-c3ccc(-c4ccc5c(c4)C(CCC)(CCC)c4cc(C)ccc4-5)s3)cc2)cc1.C=Cc1ccc(-c2ccc(-c3ccc(C)s3)cc2)cc1. The number of aryl methyl sites for hydroxylation is 2. The Balaban J connectivity index is 0.000000203. The number of hydrogen-bond donors (Lipinski definition) is 0.